The smallest absolute Gasteiger partial charge is 0.111 e. The number of fused-ring (bicyclic) bond motifs is 1. The van der Waals surface area contributed by atoms with E-state index in [2.05, 4.69) is 50.5 Å². The molecule has 2 rings (SSSR count). The number of alkyl halides is 1. The molecule has 19 heavy (non-hydrogen) atoms. The molecule has 0 fully saturated rings. The Kier molecular flexibility index (Phi) is 4.19. The lowest BCUT2D eigenvalue weighted by molar-refractivity contribution is 0.350. The Morgan fingerprint density at radius 2 is 2.00 bits per heavy atom. The zero-order chi connectivity index (χ0) is 14.0. The molecule has 0 aliphatic heterocycles. The molecule has 2 aromatic rings. The van der Waals surface area contributed by atoms with Gasteiger partial charge in [-0.2, -0.15) is 0 Å². The van der Waals surface area contributed by atoms with Crippen molar-refractivity contribution in [1.82, 2.24) is 9.55 Å². The molecular formula is C16H23ClN2. The summed E-state index contributed by atoms with van der Waals surface area (Å²) in [5.41, 5.74) is 3.93. The zero-order valence-corrected chi connectivity index (χ0v) is 13.1. The van der Waals surface area contributed by atoms with E-state index in [1.807, 2.05) is 0 Å². The second-order valence-electron chi connectivity index (χ2n) is 6.42. The largest absolute Gasteiger partial charge is 0.328 e. The number of halogens is 1. The third kappa shape index (κ3) is 3.50. The third-order valence-corrected chi connectivity index (χ3v) is 3.58. The molecule has 1 heterocycles. The molecule has 0 aliphatic carbocycles. The van der Waals surface area contributed by atoms with Crippen LogP contribution < -0.4 is 0 Å². The lowest BCUT2D eigenvalue weighted by Crippen LogP contribution is -2.12. The average molecular weight is 279 g/mol. The molecule has 1 aromatic carbocycles. The topological polar surface area (TPSA) is 17.8 Å². The number of rotatable bonds is 4. The van der Waals surface area contributed by atoms with Crippen LogP contribution >= 0.6 is 11.6 Å². The van der Waals surface area contributed by atoms with Gasteiger partial charge < -0.3 is 4.57 Å². The molecule has 0 saturated carbocycles. The molecule has 0 spiro atoms. The molecule has 0 unspecified atom stereocenters. The fourth-order valence-electron chi connectivity index (χ4n) is 2.25. The van der Waals surface area contributed by atoms with E-state index in [0.717, 1.165) is 30.7 Å². The maximum absolute atomic E-state index is 5.90. The summed E-state index contributed by atoms with van der Waals surface area (Å²) < 4.78 is 2.34. The van der Waals surface area contributed by atoms with Crippen LogP contribution in [0.4, 0.5) is 0 Å². The van der Waals surface area contributed by atoms with Crippen LogP contribution in [0.25, 0.3) is 11.0 Å². The van der Waals surface area contributed by atoms with Crippen LogP contribution in [0.1, 0.15) is 38.6 Å². The number of aromatic nitrogens is 2. The molecule has 0 radical (unpaired) electrons. The van der Waals surface area contributed by atoms with E-state index in [4.69, 9.17) is 16.6 Å². The summed E-state index contributed by atoms with van der Waals surface area (Å²) >= 11 is 5.90. The van der Waals surface area contributed by atoms with Gasteiger partial charge in [-0.15, -0.1) is 11.6 Å². The second-order valence-corrected chi connectivity index (χ2v) is 6.80. The summed E-state index contributed by atoms with van der Waals surface area (Å²) in [6.45, 7) is 9.97. The van der Waals surface area contributed by atoms with Crippen molar-refractivity contribution in [1.29, 1.82) is 0 Å². The number of nitrogens with zero attached hydrogens (tertiary/aromatic N) is 2. The fraction of sp³-hybridized carbons (Fsp3) is 0.562. The van der Waals surface area contributed by atoms with Gasteiger partial charge in [0.1, 0.15) is 5.82 Å². The van der Waals surface area contributed by atoms with Crippen molar-refractivity contribution in [3.05, 3.63) is 29.6 Å². The van der Waals surface area contributed by atoms with Crippen molar-refractivity contribution >= 4 is 22.6 Å². The number of hydrogen-bond acceptors (Lipinski definition) is 1. The summed E-state index contributed by atoms with van der Waals surface area (Å²) in [5.74, 6) is 1.73. The van der Waals surface area contributed by atoms with Crippen molar-refractivity contribution in [2.24, 2.45) is 5.41 Å². The van der Waals surface area contributed by atoms with Crippen molar-refractivity contribution in [3.63, 3.8) is 0 Å². The van der Waals surface area contributed by atoms with Gasteiger partial charge in [0.2, 0.25) is 0 Å². The number of imidazole rings is 1. The SMILES string of the molecule is Cc1ccc2nc(CCCl)n(CCC(C)(C)C)c2c1. The molecule has 0 amide bonds. The molecule has 0 saturated heterocycles. The Balaban J connectivity index is 2.41. The number of hydrogen-bond donors (Lipinski definition) is 0. The molecule has 1 aromatic heterocycles. The number of benzene rings is 1. The highest BCUT2D eigenvalue weighted by Crippen LogP contribution is 2.24. The normalized spacial score (nSPS) is 12.3. The molecule has 2 nitrogen and oxygen atoms in total. The highest BCUT2D eigenvalue weighted by molar-refractivity contribution is 6.17. The van der Waals surface area contributed by atoms with Crippen LogP contribution in [0, 0.1) is 12.3 Å². The first-order valence-corrected chi connectivity index (χ1v) is 7.46. The predicted octanol–water partition coefficient (Wildman–Crippen LogP) is 4.56. The maximum atomic E-state index is 5.90. The van der Waals surface area contributed by atoms with Crippen LogP contribution in [0.3, 0.4) is 0 Å². The van der Waals surface area contributed by atoms with E-state index in [1.165, 1.54) is 11.1 Å². The van der Waals surface area contributed by atoms with Crippen molar-refractivity contribution in [2.45, 2.75) is 47.1 Å². The summed E-state index contributed by atoms with van der Waals surface area (Å²) in [4.78, 5) is 4.72. The van der Waals surface area contributed by atoms with E-state index >= 15 is 0 Å². The zero-order valence-electron chi connectivity index (χ0n) is 12.3. The summed E-state index contributed by atoms with van der Waals surface area (Å²) in [7, 11) is 0. The molecule has 0 aliphatic rings. The molecule has 3 heteroatoms. The van der Waals surface area contributed by atoms with Crippen LogP contribution in [0.5, 0.6) is 0 Å². The minimum absolute atomic E-state index is 0.332. The van der Waals surface area contributed by atoms with Crippen LogP contribution in [-0.4, -0.2) is 15.4 Å². The Morgan fingerprint density at radius 3 is 2.63 bits per heavy atom. The van der Waals surface area contributed by atoms with E-state index in [-0.39, 0.29) is 0 Å². The van der Waals surface area contributed by atoms with E-state index in [9.17, 15) is 0 Å². The highest BCUT2D eigenvalue weighted by atomic mass is 35.5. The van der Waals surface area contributed by atoms with Crippen LogP contribution in [0.15, 0.2) is 18.2 Å². The van der Waals surface area contributed by atoms with E-state index < -0.39 is 0 Å². The molecule has 0 atom stereocenters. The van der Waals surface area contributed by atoms with E-state index in [1.54, 1.807) is 0 Å². The standard InChI is InChI=1S/C16H23ClN2/c1-12-5-6-13-14(11-12)19(10-8-16(2,3)4)15(18-13)7-9-17/h5-6,11H,7-10H2,1-4H3. The summed E-state index contributed by atoms with van der Waals surface area (Å²) in [5, 5.41) is 0. The van der Waals surface area contributed by atoms with Crippen molar-refractivity contribution in [2.75, 3.05) is 5.88 Å². The molecular weight excluding hydrogens is 256 g/mol. The Labute approximate surface area is 120 Å². The first-order chi connectivity index (χ1) is 8.90. The van der Waals surface area contributed by atoms with Gasteiger partial charge in [-0.25, -0.2) is 4.98 Å². The minimum Gasteiger partial charge on any atom is -0.328 e. The Hall–Kier alpha value is -1.02. The van der Waals surface area contributed by atoms with Gasteiger partial charge >= 0.3 is 0 Å². The highest BCUT2D eigenvalue weighted by Gasteiger charge is 2.14. The molecule has 104 valence electrons. The number of aryl methyl sites for hydroxylation is 3. The monoisotopic (exact) mass is 278 g/mol. The quantitative estimate of drug-likeness (QED) is 0.750. The second kappa shape index (κ2) is 5.54. The van der Waals surface area contributed by atoms with Gasteiger partial charge in [-0.05, 0) is 36.5 Å². The lowest BCUT2D eigenvalue weighted by atomic mass is 9.92. The average Bonchev–Trinajstić information content (AvgIpc) is 2.63. The molecule has 0 bridgehead atoms. The maximum Gasteiger partial charge on any atom is 0.111 e. The first kappa shape index (κ1) is 14.4. The summed E-state index contributed by atoms with van der Waals surface area (Å²) in [6.07, 6.45) is 1.97. The van der Waals surface area contributed by atoms with E-state index in [0.29, 0.717) is 11.3 Å². The molecule has 0 N–H and O–H groups in total. The minimum atomic E-state index is 0.332. The van der Waals surface area contributed by atoms with Crippen LogP contribution in [-0.2, 0) is 13.0 Å². The van der Waals surface area contributed by atoms with Gasteiger partial charge in [0, 0.05) is 18.8 Å². The van der Waals surface area contributed by atoms with Crippen molar-refractivity contribution in [3.8, 4) is 0 Å². The third-order valence-electron chi connectivity index (χ3n) is 3.39. The fourth-order valence-corrected chi connectivity index (χ4v) is 2.42. The lowest BCUT2D eigenvalue weighted by Gasteiger charge is -2.19. The van der Waals surface area contributed by atoms with Gasteiger partial charge in [0.15, 0.2) is 0 Å². The predicted molar refractivity (Wildman–Crippen MR) is 83.0 cm³/mol. The van der Waals surface area contributed by atoms with Gasteiger partial charge in [-0.3, -0.25) is 0 Å². The van der Waals surface area contributed by atoms with Crippen molar-refractivity contribution < 1.29 is 0 Å². The van der Waals surface area contributed by atoms with Gasteiger partial charge in [0.25, 0.3) is 0 Å². The first-order valence-electron chi connectivity index (χ1n) is 6.92. The summed E-state index contributed by atoms with van der Waals surface area (Å²) in [6, 6.07) is 6.45. The van der Waals surface area contributed by atoms with Gasteiger partial charge in [-0.1, -0.05) is 26.8 Å². The Morgan fingerprint density at radius 1 is 1.26 bits per heavy atom. The van der Waals surface area contributed by atoms with Gasteiger partial charge in [0.05, 0.1) is 11.0 Å². The van der Waals surface area contributed by atoms with Crippen LogP contribution in [0.2, 0.25) is 0 Å². The Bertz CT molecular complexity index is 564.